The molecule has 0 saturated carbocycles. The van der Waals surface area contributed by atoms with Gasteiger partial charge in [-0.25, -0.2) is 10.5 Å². The highest BCUT2D eigenvalue weighted by molar-refractivity contribution is 7.85. The molecule has 0 aliphatic rings. The van der Waals surface area contributed by atoms with E-state index in [0.717, 1.165) is 22.3 Å². The van der Waals surface area contributed by atoms with Gasteiger partial charge in [0, 0.05) is 61.0 Å². The Morgan fingerprint density at radius 2 is 1.76 bits per heavy atom. The van der Waals surface area contributed by atoms with Crippen LogP contribution in [0.3, 0.4) is 0 Å². The van der Waals surface area contributed by atoms with Crippen LogP contribution in [0.4, 0.5) is 5.82 Å². The number of carbonyl (C=O) groups is 1. The van der Waals surface area contributed by atoms with E-state index < -0.39 is 22.0 Å². The smallest absolute Gasteiger partial charge is 0.259 e. The van der Waals surface area contributed by atoms with Crippen molar-refractivity contribution in [3.05, 3.63) is 59.1 Å². The van der Waals surface area contributed by atoms with Crippen molar-refractivity contribution >= 4 is 33.3 Å². The molecule has 3 rings (SSSR count). The first-order valence-electron chi connectivity index (χ1n) is 11.3. The molecular formula is C25H36N4O4S. The highest BCUT2D eigenvalue weighted by Crippen LogP contribution is 2.24. The van der Waals surface area contributed by atoms with E-state index in [1.54, 1.807) is 18.5 Å². The molecule has 2 atom stereocenters. The number of amides is 1. The summed E-state index contributed by atoms with van der Waals surface area (Å²) in [5.41, 5.74) is 3.25. The Morgan fingerprint density at radius 3 is 2.29 bits per heavy atom. The van der Waals surface area contributed by atoms with Crippen LogP contribution in [0.1, 0.15) is 34.1 Å². The van der Waals surface area contributed by atoms with E-state index >= 15 is 0 Å². The van der Waals surface area contributed by atoms with Crippen LogP contribution in [0.25, 0.3) is 21.9 Å². The Hall–Kier alpha value is -3.04. The Balaban J connectivity index is 0.00000137. The van der Waals surface area contributed by atoms with Crippen LogP contribution in [0.5, 0.6) is 0 Å². The van der Waals surface area contributed by atoms with E-state index in [0.29, 0.717) is 5.39 Å². The summed E-state index contributed by atoms with van der Waals surface area (Å²) in [7, 11) is 2.39. The maximum atomic E-state index is 12.8. The number of pyridine rings is 2. The van der Waals surface area contributed by atoms with Crippen LogP contribution in [0.2, 0.25) is 0 Å². The van der Waals surface area contributed by atoms with Crippen molar-refractivity contribution in [1.29, 1.82) is 0 Å². The second kappa shape index (κ2) is 14.3. The van der Waals surface area contributed by atoms with Gasteiger partial charge in [-0.2, -0.15) is 0 Å². The van der Waals surface area contributed by atoms with Gasteiger partial charge in [-0.1, -0.05) is 33.8 Å². The number of nitrogens with one attached hydrogen (secondary N) is 1. The third kappa shape index (κ3) is 7.23. The number of anilines is 1. The van der Waals surface area contributed by atoms with Crippen molar-refractivity contribution in [2.45, 2.75) is 45.9 Å². The molecule has 0 bridgehead atoms. The predicted molar refractivity (Wildman–Crippen MR) is 141 cm³/mol. The van der Waals surface area contributed by atoms with Gasteiger partial charge in [0.2, 0.25) is 0 Å². The molecule has 2 N–H and O–H groups in total. The van der Waals surface area contributed by atoms with Crippen molar-refractivity contribution in [3.63, 3.8) is 0 Å². The zero-order valence-corrected chi connectivity index (χ0v) is 21.8. The Kier molecular flexibility index (Phi) is 12.2. The quantitative estimate of drug-likeness (QED) is 0.387. The molecule has 0 spiro atoms. The lowest BCUT2D eigenvalue weighted by molar-refractivity contribution is -0.128. The maximum Gasteiger partial charge on any atom is 0.259 e. The molecule has 8 nitrogen and oxygen atoms in total. The normalized spacial score (nSPS) is 11.9. The minimum Gasteiger partial charge on any atom is -0.363 e. The molecule has 1 amide bonds. The fourth-order valence-corrected chi connectivity index (χ4v) is 4.03. The number of fused-ring (bicyclic) bond motifs is 1. The molecule has 2 heterocycles. The Bertz CT molecular complexity index is 1140. The number of hydrogen-bond donors (Lipinski definition) is 2. The zero-order chi connectivity index (χ0) is 25.8. The summed E-state index contributed by atoms with van der Waals surface area (Å²) in [6.07, 6.45) is 5.02. The molecule has 0 fully saturated rings. The predicted octanol–water partition coefficient (Wildman–Crippen LogP) is 3.82. The van der Waals surface area contributed by atoms with Crippen LogP contribution < -0.4 is 15.9 Å². The van der Waals surface area contributed by atoms with E-state index in [4.69, 9.17) is 5.21 Å². The summed E-state index contributed by atoms with van der Waals surface area (Å²) in [6.45, 7) is 8.21. The standard InChI is InChI=1S/C21H24N4O4S.2C2H6/c1-24(2)19-7-5-16(13-22-19)14-4-6-17-15(12-14)8-10-25(21(17)27)11-9-18(30(3)29)20(26)23-28;2*1-2/h4-8,10,12-13,18,28H,9,11H2,1-3H3,(H,23,26);2*1-2H3. The summed E-state index contributed by atoms with van der Waals surface area (Å²) in [5, 5.41) is 9.26. The van der Waals surface area contributed by atoms with Crippen molar-refractivity contribution < 1.29 is 14.2 Å². The van der Waals surface area contributed by atoms with Crippen LogP contribution in [0, 0.1) is 0 Å². The average molecular weight is 489 g/mol. The summed E-state index contributed by atoms with van der Waals surface area (Å²) < 4.78 is 13.2. The third-order valence-electron chi connectivity index (χ3n) is 4.95. The number of nitrogens with zero attached hydrogens (tertiary/aromatic N) is 3. The topological polar surface area (TPSA) is 105 Å². The molecule has 2 aromatic heterocycles. The lowest BCUT2D eigenvalue weighted by Gasteiger charge is -2.14. The fourth-order valence-electron chi connectivity index (χ4n) is 3.24. The molecule has 0 aliphatic heterocycles. The van der Waals surface area contributed by atoms with Crippen molar-refractivity contribution in [2.24, 2.45) is 0 Å². The Labute approximate surface area is 204 Å². The van der Waals surface area contributed by atoms with Crippen molar-refractivity contribution in [2.75, 3.05) is 25.3 Å². The monoisotopic (exact) mass is 488 g/mol. The second-order valence-electron chi connectivity index (χ2n) is 7.17. The first-order chi connectivity index (χ1) is 16.3. The van der Waals surface area contributed by atoms with Gasteiger partial charge in [0.15, 0.2) is 0 Å². The van der Waals surface area contributed by atoms with Gasteiger partial charge in [0.25, 0.3) is 11.5 Å². The molecular weight excluding hydrogens is 452 g/mol. The lowest BCUT2D eigenvalue weighted by Crippen LogP contribution is -2.36. The van der Waals surface area contributed by atoms with Gasteiger partial charge in [-0.15, -0.1) is 0 Å². The van der Waals surface area contributed by atoms with E-state index in [1.807, 2.05) is 77.0 Å². The minimum atomic E-state index is -1.47. The van der Waals surface area contributed by atoms with Gasteiger partial charge in [0.05, 0.1) is 0 Å². The number of aromatic nitrogens is 2. The number of carbonyl (C=O) groups excluding carboxylic acids is 1. The van der Waals surface area contributed by atoms with Crippen LogP contribution in [0.15, 0.2) is 53.6 Å². The van der Waals surface area contributed by atoms with Gasteiger partial charge >= 0.3 is 0 Å². The minimum absolute atomic E-state index is 0.170. The molecule has 2 unspecified atom stereocenters. The lowest BCUT2D eigenvalue weighted by atomic mass is 10.0. The largest absolute Gasteiger partial charge is 0.363 e. The van der Waals surface area contributed by atoms with E-state index in [1.165, 1.54) is 16.3 Å². The van der Waals surface area contributed by atoms with E-state index in [9.17, 15) is 13.8 Å². The summed E-state index contributed by atoms with van der Waals surface area (Å²) in [4.78, 5) is 30.8. The molecule has 9 heteroatoms. The first kappa shape index (κ1) is 29.0. The summed E-state index contributed by atoms with van der Waals surface area (Å²) in [5.74, 6) is 0.145. The van der Waals surface area contributed by atoms with Crippen LogP contribution in [-0.2, 0) is 22.1 Å². The zero-order valence-electron chi connectivity index (χ0n) is 21.0. The summed E-state index contributed by atoms with van der Waals surface area (Å²) >= 11 is 0. The fraction of sp³-hybridized carbons (Fsp3) is 0.400. The van der Waals surface area contributed by atoms with Crippen LogP contribution >= 0.6 is 0 Å². The molecule has 34 heavy (non-hydrogen) atoms. The van der Waals surface area contributed by atoms with Crippen LogP contribution in [-0.4, -0.2) is 50.5 Å². The van der Waals surface area contributed by atoms with E-state index in [-0.39, 0.29) is 18.5 Å². The van der Waals surface area contributed by atoms with Crippen molar-refractivity contribution in [1.82, 2.24) is 15.0 Å². The number of aryl methyl sites for hydroxylation is 1. The second-order valence-corrected chi connectivity index (χ2v) is 8.73. The molecule has 186 valence electrons. The van der Waals surface area contributed by atoms with Gasteiger partial charge in [-0.3, -0.25) is 19.0 Å². The Morgan fingerprint density at radius 1 is 1.12 bits per heavy atom. The molecule has 3 aromatic rings. The molecule has 0 saturated heterocycles. The third-order valence-corrected chi connectivity index (χ3v) is 6.20. The van der Waals surface area contributed by atoms with Gasteiger partial charge < -0.3 is 9.47 Å². The highest BCUT2D eigenvalue weighted by Gasteiger charge is 2.22. The van der Waals surface area contributed by atoms with Gasteiger partial charge in [0.1, 0.15) is 11.1 Å². The number of benzene rings is 1. The average Bonchev–Trinajstić information content (AvgIpc) is 2.87. The SMILES string of the molecule is CC.CC.CN(C)c1ccc(-c2ccc3c(=O)n(CCC(C(=O)NO)S(C)=O)ccc3c2)cn1. The van der Waals surface area contributed by atoms with Gasteiger partial charge in [-0.05, 0) is 47.7 Å². The van der Waals surface area contributed by atoms with E-state index in [2.05, 4.69) is 4.98 Å². The van der Waals surface area contributed by atoms with Crippen molar-refractivity contribution in [3.8, 4) is 11.1 Å². The first-order valence-corrected chi connectivity index (χ1v) is 13.0. The molecule has 0 radical (unpaired) electrons. The highest BCUT2D eigenvalue weighted by atomic mass is 32.2. The molecule has 0 aliphatic carbocycles. The number of hydrogen-bond acceptors (Lipinski definition) is 6. The summed E-state index contributed by atoms with van der Waals surface area (Å²) in [6, 6.07) is 11.4. The number of rotatable bonds is 7. The molecule has 1 aromatic carbocycles. The maximum absolute atomic E-state index is 12.8. The number of hydroxylamine groups is 1.